The highest BCUT2D eigenvalue weighted by molar-refractivity contribution is 14.1. The van der Waals surface area contributed by atoms with Crippen LogP contribution in [0.3, 0.4) is 0 Å². The number of nitrogens with one attached hydrogen (secondary N) is 1. The fraction of sp³-hybridized carbons (Fsp3) is 0.706. The maximum atomic E-state index is 12.4. The van der Waals surface area contributed by atoms with Gasteiger partial charge in [0.1, 0.15) is 11.2 Å². The Hall–Kier alpha value is -1.52. The first-order chi connectivity index (χ1) is 11.9. The van der Waals surface area contributed by atoms with Crippen LogP contribution in [-0.4, -0.2) is 44.6 Å². The number of carbonyl (C=O) groups excluding carboxylic acids is 2. The molecule has 1 aromatic rings. The minimum absolute atomic E-state index is 0.343. The van der Waals surface area contributed by atoms with Crippen molar-refractivity contribution in [2.75, 3.05) is 11.9 Å². The average Bonchev–Trinajstić information content (AvgIpc) is 2.62. The number of carbonyl (C=O) groups is 2. The van der Waals surface area contributed by atoms with E-state index in [0.717, 1.165) is 15.7 Å². The van der Waals surface area contributed by atoms with Gasteiger partial charge >= 0.3 is 12.2 Å². The van der Waals surface area contributed by atoms with Crippen LogP contribution in [0.15, 0.2) is 0 Å². The molecule has 0 bridgehead atoms. The van der Waals surface area contributed by atoms with Crippen molar-refractivity contribution in [2.45, 2.75) is 72.3 Å². The Morgan fingerprint density at radius 3 is 2.27 bits per heavy atom. The quantitative estimate of drug-likeness (QED) is 0.618. The van der Waals surface area contributed by atoms with Gasteiger partial charge in [-0.25, -0.2) is 9.59 Å². The van der Waals surface area contributed by atoms with Crippen molar-refractivity contribution in [3.05, 3.63) is 9.26 Å². The van der Waals surface area contributed by atoms with E-state index >= 15 is 0 Å². The smallest absolute Gasteiger partial charge is 0.413 e. The highest BCUT2D eigenvalue weighted by Gasteiger charge is 2.28. The van der Waals surface area contributed by atoms with E-state index in [1.54, 1.807) is 25.7 Å². The Morgan fingerprint density at radius 1 is 1.08 bits per heavy atom. The number of fused-ring (bicyclic) bond motifs is 1. The van der Waals surface area contributed by atoms with Gasteiger partial charge in [-0.3, -0.25) is 10.00 Å². The molecule has 0 saturated heterocycles. The summed E-state index contributed by atoms with van der Waals surface area (Å²) in [7, 11) is 0. The van der Waals surface area contributed by atoms with Crippen molar-refractivity contribution in [3.8, 4) is 0 Å². The number of amides is 2. The summed E-state index contributed by atoms with van der Waals surface area (Å²) >= 11 is 2.14. The molecule has 0 aliphatic carbocycles. The summed E-state index contributed by atoms with van der Waals surface area (Å²) in [6, 6.07) is 0. The van der Waals surface area contributed by atoms with Crippen LogP contribution < -0.4 is 5.32 Å². The molecule has 1 N–H and O–H groups in total. The lowest BCUT2D eigenvalue weighted by atomic mass is 10.2. The van der Waals surface area contributed by atoms with E-state index in [0.29, 0.717) is 25.5 Å². The van der Waals surface area contributed by atoms with Gasteiger partial charge in [0.15, 0.2) is 5.82 Å². The zero-order chi connectivity index (χ0) is 19.7. The molecule has 26 heavy (non-hydrogen) atoms. The zero-order valence-electron chi connectivity index (χ0n) is 16.2. The van der Waals surface area contributed by atoms with Gasteiger partial charge in [-0.2, -0.15) is 5.10 Å². The Kier molecular flexibility index (Phi) is 6.09. The fourth-order valence-electron chi connectivity index (χ4n) is 2.44. The minimum Gasteiger partial charge on any atom is -0.444 e. The van der Waals surface area contributed by atoms with Crippen molar-refractivity contribution >= 4 is 40.6 Å². The highest BCUT2D eigenvalue weighted by atomic mass is 127. The van der Waals surface area contributed by atoms with Crippen LogP contribution in [0.4, 0.5) is 15.4 Å². The molecule has 0 saturated carbocycles. The number of aromatic nitrogens is 2. The van der Waals surface area contributed by atoms with Crippen molar-refractivity contribution in [3.63, 3.8) is 0 Å². The number of nitrogens with zero attached hydrogens (tertiary/aromatic N) is 3. The fourth-order valence-corrected chi connectivity index (χ4v) is 3.14. The van der Waals surface area contributed by atoms with Gasteiger partial charge in [0.25, 0.3) is 0 Å². The molecule has 0 fully saturated rings. The van der Waals surface area contributed by atoms with Gasteiger partial charge in [-0.15, -0.1) is 0 Å². The van der Waals surface area contributed by atoms with E-state index in [1.807, 2.05) is 25.5 Å². The number of ether oxygens (including phenoxy) is 2. The van der Waals surface area contributed by atoms with Gasteiger partial charge in [0.05, 0.1) is 15.8 Å². The molecule has 1 aliphatic rings. The number of halogens is 1. The maximum absolute atomic E-state index is 12.4. The number of hydrogen-bond acceptors (Lipinski definition) is 5. The van der Waals surface area contributed by atoms with E-state index in [9.17, 15) is 9.59 Å². The second-order valence-electron chi connectivity index (χ2n) is 8.21. The summed E-state index contributed by atoms with van der Waals surface area (Å²) in [5, 5.41) is 7.16. The van der Waals surface area contributed by atoms with Crippen molar-refractivity contribution in [1.29, 1.82) is 0 Å². The summed E-state index contributed by atoms with van der Waals surface area (Å²) < 4.78 is 13.4. The molecule has 0 spiro atoms. The monoisotopic (exact) mass is 478 g/mol. The Labute approximate surface area is 167 Å². The number of rotatable bonds is 1. The van der Waals surface area contributed by atoms with Crippen LogP contribution in [0.1, 0.15) is 53.7 Å². The third-order valence-electron chi connectivity index (χ3n) is 3.40. The summed E-state index contributed by atoms with van der Waals surface area (Å²) in [6.45, 7) is 12.6. The van der Waals surface area contributed by atoms with E-state index in [-0.39, 0.29) is 6.09 Å². The molecule has 2 rings (SSSR count). The third kappa shape index (κ3) is 5.75. The number of hydrogen-bond donors (Lipinski definition) is 1. The molecule has 8 nitrogen and oxygen atoms in total. The van der Waals surface area contributed by atoms with Crippen LogP contribution in [0, 0.1) is 3.57 Å². The standard InChI is InChI=1S/C17H27IN4O4/c1-16(2,3)25-14(23)19-13-12(18)11-10-21(8-7-9-22(11)20-13)15(24)26-17(4,5)6/h7-10H2,1-6H3,(H,19,20,23). The maximum Gasteiger partial charge on any atom is 0.413 e. The van der Waals surface area contributed by atoms with Crippen LogP contribution in [0.2, 0.25) is 0 Å². The first kappa shape index (κ1) is 20.8. The summed E-state index contributed by atoms with van der Waals surface area (Å²) in [4.78, 5) is 26.1. The van der Waals surface area contributed by atoms with E-state index in [2.05, 4.69) is 33.0 Å². The number of anilines is 1. The molecule has 146 valence electrons. The zero-order valence-corrected chi connectivity index (χ0v) is 18.3. The molecule has 0 radical (unpaired) electrons. The predicted octanol–water partition coefficient (Wildman–Crippen LogP) is 3.98. The lowest BCUT2D eigenvalue weighted by molar-refractivity contribution is 0.0236. The normalized spacial score (nSPS) is 15.1. The van der Waals surface area contributed by atoms with E-state index in [1.165, 1.54) is 0 Å². The van der Waals surface area contributed by atoms with Crippen LogP contribution >= 0.6 is 22.6 Å². The molecule has 0 atom stereocenters. The lowest BCUT2D eigenvalue weighted by Crippen LogP contribution is -2.36. The van der Waals surface area contributed by atoms with Crippen LogP contribution in [0.25, 0.3) is 0 Å². The molecular formula is C17H27IN4O4. The number of aryl methyl sites for hydroxylation is 1. The average molecular weight is 478 g/mol. The van der Waals surface area contributed by atoms with Gasteiger partial charge in [-0.1, -0.05) is 0 Å². The van der Waals surface area contributed by atoms with Gasteiger partial charge < -0.3 is 14.4 Å². The lowest BCUT2D eigenvalue weighted by Gasteiger charge is -2.26. The largest absolute Gasteiger partial charge is 0.444 e. The molecule has 2 amide bonds. The molecular weight excluding hydrogens is 451 g/mol. The summed E-state index contributed by atoms with van der Waals surface area (Å²) in [5.74, 6) is 0.445. The summed E-state index contributed by atoms with van der Waals surface area (Å²) in [5.41, 5.74) is -0.250. The van der Waals surface area contributed by atoms with Gasteiger partial charge in [0, 0.05) is 13.1 Å². The van der Waals surface area contributed by atoms with Crippen molar-refractivity contribution in [1.82, 2.24) is 14.7 Å². The molecule has 1 aliphatic heterocycles. The van der Waals surface area contributed by atoms with Crippen molar-refractivity contribution in [2.24, 2.45) is 0 Å². The second-order valence-corrected chi connectivity index (χ2v) is 9.29. The van der Waals surface area contributed by atoms with Crippen LogP contribution in [0.5, 0.6) is 0 Å². The Balaban J connectivity index is 2.15. The Morgan fingerprint density at radius 2 is 1.69 bits per heavy atom. The second kappa shape index (κ2) is 7.61. The molecule has 0 aromatic carbocycles. The SMILES string of the molecule is CC(C)(C)OC(=O)Nc1nn2c(c1I)CN(C(=O)OC(C)(C)C)CCC2. The highest BCUT2D eigenvalue weighted by Crippen LogP contribution is 2.26. The van der Waals surface area contributed by atoms with Crippen LogP contribution in [-0.2, 0) is 22.6 Å². The van der Waals surface area contributed by atoms with Gasteiger partial charge in [0.2, 0.25) is 0 Å². The summed E-state index contributed by atoms with van der Waals surface area (Å²) in [6.07, 6.45) is -0.132. The first-order valence-electron chi connectivity index (χ1n) is 8.59. The molecule has 9 heteroatoms. The van der Waals surface area contributed by atoms with Gasteiger partial charge in [-0.05, 0) is 70.6 Å². The Bertz CT molecular complexity index is 688. The molecule has 2 heterocycles. The molecule has 0 unspecified atom stereocenters. The topological polar surface area (TPSA) is 85.7 Å². The third-order valence-corrected chi connectivity index (χ3v) is 4.54. The minimum atomic E-state index is -0.583. The van der Waals surface area contributed by atoms with E-state index in [4.69, 9.17) is 9.47 Å². The predicted molar refractivity (Wildman–Crippen MR) is 106 cm³/mol. The van der Waals surface area contributed by atoms with Crippen molar-refractivity contribution < 1.29 is 19.1 Å². The first-order valence-corrected chi connectivity index (χ1v) is 9.67. The van der Waals surface area contributed by atoms with E-state index < -0.39 is 17.3 Å². The molecule has 1 aromatic heterocycles.